The van der Waals surface area contributed by atoms with Crippen molar-refractivity contribution in [3.8, 4) is 0 Å². The van der Waals surface area contributed by atoms with E-state index in [0.717, 1.165) is 5.70 Å². The van der Waals surface area contributed by atoms with Gasteiger partial charge in [-0.3, -0.25) is 4.99 Å². The molecule has 0 atom stereocenters. The van der Waals surface area contributed by atoms with Crippen LogP contribution in [0.3, 0.4) is 0 Å². The lowest BCUT2D eigenvalue weighted by Crippen LogP contribution is -2.01. The van der Waals surface area contributed by atoms with Crippen molar-refractivity contribution in [2.45, 2.75) is 41.5 Å². The zero-order valence-corrected chi connectivity index (χ0v) is 8.52. The molecule has 0 N–H and O–H groups in total. The molecule has 0 aromatic rings. The maximum absolute atomic E-state index is 4.47. The summed E-state index contributed by atoms with van der Waals surface area (Å²) in [4.78, 5) is 4.47. The highest BCUT2D eigenvalue weighted by Gasteiger charge is 1.97. The van der Waals surface area contributed by atoms with Crippen LogP contribution in [0.15, 0.2) is 16.3 Å². The zero-order chi connectivity index (χ0) is 9.02. The lowest BCUT2D eigenvalue weighted by atomic mass is 10.1. The predicted molar refractivity (Wildman–Crippen MR) is 52.0 cm³/mol. The van der Waals surface area contributed by atoms with E-state index in [2.05, 4.69) is 46.5 Å². The van der Waals surface area contributed by atoms with Gasteiger partial charge in [0, 0.05) is 11.4 Å². The second-order valence-electron chi connectivity index (χ2n) is 3.49. The molecular weight excluding hydrogens is 134 g/mol. The summed E-state index contributed by atoms with van der Waals surface area (Å²) in [5, 5.41) is 0. The monoisotopic (exact) mass is 153 g/mol. The van der Waals surface area contributed by atoms with E-state index in [0.29, 0.717) is 5.92 Å². The molecule has 0 rings (SSSR count). The van der Waals surface area contributed by atoms with Crippen molar-refractivity contribution in [1.29, 1.82) is 0 Å². The summed E-state index contributed by atoms with van der Waals surface area (Å²) in [5.41, 5.74) is 3.66. The van der Waals surface area contributed by atoms with Crippen LogP contribution in [-0.2, 0) is 0 Å². The predicted octanol–water partition coefficient (Wildman–Crippen LogP) is 3.42. The highest BCUT2D eigenvalue weighted by molar-refractivity contribution is 5.84. The van der Waals surface area contributed by atoms with Crippen LogP contribution in [0.25, 0.3) is 0 Å². The molecule has 11 heavy (non-hydrogen) atoms. The molecule has 0 aromatic heterocycles. The number of allylic oxidation sites excluding steroid dienone is 2. The number of nitrogens with zero attached hydrogens (tertiary/aromatic N) is 1. The van der Waals surface area contributed by atoms with Gasteiger partial charge in [-0.05, 0) is 33.6 Å². The molecular formula is C10H19N. The average molecular weight is 153 g/mol. The minimum absolute atomic E-state index is 0.560. The molecule has 0 aliphatic heterocycles. The largest absolute Gasteiger partial charge is 0.263 e. The molecule has 0 saturated carbocycles. The molecule has 0 heterocycles. The number of hydrogen-bond acceptors (Lipinski definition) is 1. The van der Waals surface area contributed by atoms with Gasteiger partial charge in [-0.2, -0.15) is 0 Å². The quantitative estimate of drug-likeness (QED) is 0.539. The Balaban J connectivity index is 4.44. The Morgan fingerprint density at radius 2 is 1.45 bits per heavy atom. The first-order valence-corrected chi connectivity index (χ1v) is 4.14. The number of hydrogen-bond donors (Lipinski definition) is 0. The van der Waals surface area contributed by atoms with Gasteiger partial charge in [-0.15, -0.1) is 0 Å². The number of rotatable bonds is 2. The lowest BCUT2D eigenvalue weighted by molar-refractivity contribution is 0.874. The Morgan fingerprint density at radius 1 is 1.00 bits per heavy atom. The van der Waals surface area contributed by atoms with Gasteiger partial charge >= 0.3 is 0 Å². The Kier molecular flexibility index (Phi) is 4.09. The van der Waals surface area contributed by atoms with Crippen LogP contribution in [0.5, 0.6) is 0 Å². The van der Waals surface area contributed by atoms with Crippen molar-refractivity contribution in [2.75, 3.05) is 0 Å². The number of aliphatic imine (C=N–C) groups is 1. The molecule has 0 amide bonds. The van der Waals surface area contributed by atoms with E-state index in [1.165, 1.54) is 11.3 Å². The second-order valence-corrected chi connectivity index (χ2v) is 3.49. The van der Waals surface area contributed by atoms with Crippen molar-refractivity contribution >= 4 is 5.71 Å². The van der Waals surface area contributed by atoms with E-state index in [9.17, 15) is 0 Å². The van der Waals surface area contributed by atoms with Crippen molar-refractivity contribution in [3.05, 3.63) is 11.3 Å². The van der Waals surface area contributed by atoms with E-state index in [1.807, 2.05) is 0 Å². The molecule has 64 valence electrons. The Bertz CT molecular complexity index is 181. The van der Waals surface area contributed by atoms with Crippen LogP contribution < -0.4 is 0 Å². The van der Waals surface area contributed by atoms with Crippen LogP contribution in [0.2, 0.25) is 0 Å². The second kappa shape index (κ2) is 4.32. The first-order chi connectivity index (χ1) is 4.95. The lowest BCUT2D eigenvalue weighted by Gasteiger charge is -2.04. The Labute approximate surface area is 70.2 Å². The average Bonchev–Trinajstić information content (AvgIpc) is 1.87. The fourth-order valence-electron chi connectivity index (χ4n) is 0.505. The van der Waals surface area contributed by atoms with Crippen molar-refractivity contribution in [1.82, 2.24) is 0 Å². The van der Waals surface area contributed by atoms with Crippen LogP contribution in [0, 0.1) is 5.92 Å². The summed E-state index contributed by atoms with van der Waals surface area (Å²) in [5.74, 6) is 0.560. The maximum Gasteiger partial charge on any atom is 0.0358 e. The van der Waals surface area contributed by atoms with Gasteiger partial charge in [0.05, 0.1) is 0 Å². The van der Waals surface area contributed by atoms with Gasteiger partial charge in [0.15, 0.2) is 0 Å². The van der Waals surface area contributed by atoms with Crippen molar-refractivity contribution < 1.29 is 0 Å². The summed E-state index contributed by atoms with van der Waals surface area (Å²) < 4.78 is 0. The minimum Gasteiger partial charge on any atom is -0.263 e. The minimum atomic E-state index is 0.560. The molecule has 0 saturated heterocycles. The summed E-state index contributed by atoms with van der Waals surface area (Å²) in [6.45, 7) is 12.6. The highest BCUT2D eigenvalue weighted by Crippen LogP contribution is 2.06. The SMILES string of the molecule is CC(=NC(C)=C(C)C)C(C)C. The first-order valence-electron chi connectivity index (χ1n) is 4.14. The zero-order valence-electron chi connectivity index (χ0n) is 8.52. The molecule has 0 spiro atoms. The molecule has 0 aliphatic rings. The summed E-state index contributed by atoms with van der Waals surface area (Å²) in [7, 11) is 0. The van der Waals surface area contributed by atoms with Gasteiger partial charge in [0.1, 0.15) is 0 Å². The maximum atomic E-state index is 4.47. The summed E-state index contributed by atoms with van der Waals surface area (Å²) >= 11 is 0. The van der Waals surface area contributed by atoms with Gasteiger partial charge in [-0.25, -0.2) is 0 Å². The highest BCUT2D eigenvalue weighted by atomic mass is 14.7. The van der Waals surface area contributed by atoms with E-state index < -0.39 is 0 Å². The van der Waals surface area contributed by atoms with Gasteiger partial charge in [0.25, 0.3) is 0 Å². The third kappa shape index (κ3) is 3.97. The standard InChI is InChI=1S/C10H19N/c1-7(2)9(5)11-10(6)8(3)4/h7H,1-6H3. The fraction of sp³-hybridized carbons (Fsp3) is 0.700. The molecule has 0 aliphatic carbocycles. The van der Waals surface area contributed by atoms with Gasteiger partial charge < -0.3 is 0 Å². The first kappa shape index (κ1) is 10.4. The molecule has 0 aromatic carbocycles. The summed E-state index contributed by atoms with van der Waals surface area (Å²) in [6.07, 6.45) is 0. The smallest absolute Gasteiger partial charge is 0.0358 e. The van der Waals surface area contributed by atoms with Gasteiger partial charge in [-0.1, -0.05) is 19.4 Å². The topological polar surface area (TPSA) is 12.4 Å². The van der Waals surface area contributed by atoms with Crippen LogP contribution in [0.4, 0.5) is 0 Å². The summed E-state index contributed by atoms with van der Waals surface area (Å²) in [6, 6.07) is 0. The third-order valence-corrected chi connectivity index (χ3v) is 1.90. The fourth-order valence-corrected chi connectivity index (χ4v) is 0.505. The third-order valence-electron chi connectivity index (χ3n) is 1.90. The molecule has 0 radical (unpaired) electrons. The Hall–Kier alpha value is -0.590. The molecule has 0 unspecified atom stereocenters. The molecule has 0 bridgehead atoms. The van der Waals surface area contributed by atoms with Crippen molar-refractivity contribution in [2.24, 2.45) is 10.9 Å². The van der Waals surface area contributed by atoms with Crippen molar-refractivity contribution in [3.63, 3.8) is 0 Å². The molecule has 0 fully saturated rings. The van der Waals surface area contributed by atoms with E-state index >= 15 is 0 Å². The van der Waals surface area contributed by atoms with E-state index in [-0.39, 0.29) is 0 Å². The van der Waals surface area contributed by atoms with E-state index in [1.54, 1.807) is 0 Å². The Morgan fingerprint density at radius 3 is 1.73 bits per heavy atom. The molecule has 1 heteroatoms. The van der Waals surface area contributed by atoms with E-state index in [4.69, 9.17) is 0 Å². The molecule has 1 nitrogen and oxygen atoms in total. The van der Waals surface area contributed by atoms with Crippen LogP contribution in [0.1, 0.15) is 41.5 Å². The van der Waals surface area contributed by atoms with Gasteiger partial charge in [0.2, 0.25) is 0 Å². The van der Waals surface area contributed by atoms with Crippen LogP contribution >= 0.6 is 0 Å². The normalized spacial score (nSPS) is 12.1. The van der Waals surface area contributed by atoms with Crippen LogP contribution in [-0.4, -0.2) is 5.71 Å².